The van der Waals surface area contributed by atoms with Crippen LogP contribution in [0.1, 0.15) is 18.9 Å². The Kier molecular flexibility index (Phi) is 3.93. The zero-order chi connectivity index (χ0) is 13.1. The molecule has 2 atom stereocenters. The minimum Gasteiger partial charge on any atom is -0.504 e. The van der Waals surface area contributed by atoms with Gasteiger partial charge in [-0.2, -0.15) is 0 Å². The van der Waals surface area contributed by atoms with Crippen LogP contribution in [-0.4, -0.2) is 34.6 Å². The molecule has 1 fully saturated rings. The van der Waals surface area contributed by atoms with E-state index in [9.17, 15) is 15.3 Å². The van der Waals surface area contributed by atoms with Crippen molar-refractivity contribution in [3.8, 4) is 17.2 Å². The van der Waals surface area contributed by atoms with E-state index in [-0.39, 0.29) is 17.6 Å². The van der Waals surface area contributed by atoms with E-state index in [1.165, 1.54) is 6.07 Å². The Labute approximate surface area is 106 Å². The topological polar surface area (TPSA) is 82.0 Å². The third-order valence-corrected chi connectivity index (χ3v) is 3.47. The van der Waals surface area contributed by atoms with Crippen molar-refractivity contribution in [3.05, 3.63) is 17.7 Å². The van der Waals surface area contributed by atoms with E-state index in [1.807, 2.05) is 0 Å². The standard InChI is InChI=1S/C13H19NO4/c1-8-9(4-5-18-8)6-14-7-10-2-3-11(15)13(17)12(10)16/h2-3,8-9,14-17H,4-7H2,1H3. The Bertz CT molecular complexity index is 422. The van der Waals surface area contributed by atoms with Crippen LogP contribution >= 0.6 is 0 Å². The largest absolute Gasteiger partial charge is 0.504 e. The van der Waals surface area contributed by atoms with Gasteiger partial charge in [-0.05, 0) is 25.3 Å². The maximum Gasteiger partial charge on any atom is 0.200 e. The molecule has 1 saturated heterocycles. The first-order chi connectivity index (χ1) is 8.59. The second-order valence-electron chi connectivity index (χ2n) is 4.70. The van der Waals surface area contributed by atoms with E-state index in [4.69, 9.17) is 4.74 Å². The molecular formula is C13H19NO4. The summed E-state index contributed by atoms with van der Waals surface area (Å²) in [5.74, 6) is -0.558. The summed E-state index contributed by atoms with van der Waals surface area (Å²) in [5, 5.41) is 31.5. The van der Waals surface area contributed by atoms with Crippen molar-refractivity contribution in [3.63, 3.8) is 0 Å². The van der Waals surface area contributed by atoms with Crippen molar-refractivity contribution in [1.82, 2.24) is 5.32 Å². The Hall–Kier alpha value is -1.46. The highest BCUT2D eigenvalue weighted by Gasteiger charge is 2.23. The number of phenolic OH excluding ortho intramolecular Hbond substituents is 3. The molecule has 0 bridgehead atoms. The summed E-state index contributed by atoms with van der Waals surface area (Å²) in [5.41, 5.74) is 0.567. The molecule has 1 heterocycles. The van der Waals surface area contributed by atoms with Crippen LogP contribution in [0.15, 0.2) is 12.1 Å². The molecule has 5 heteroatoms. The Morgan fingerprint density at radius 1 is 1.28 bits per heavy atom. The molecular weight excluding hydrogens is 234 g/mol. The van der Waals surface area contributed by atoms with Gasteiger partial charge < -0.3 is 25.4 Å². The highest BCUT2D eigenvalue weighted by Crippen LogP contribution is 2.36. The third-order valence-electron chi connectivity index (χ3n) is 3.47. The van der Waals surface area contributed by atoms with Gasteiger partial charge >= 0.3 is 0 Å². The second-order valence-corrected chi connectivity index (χ2v) is 4.70. The Balaban J connectivity index is 1.89. The molecule has 100 valence electrons. The molecule has 0 spiro atoms. The van der Waals surface area contributed by atoms with Gasteiger partial charge in [-0.25, -0.2) is 0 Å². The van der Waals surface area contributed by atoms with Gasteiger partial charge in [0.15, 0.2) is 11.5 Å². The van der Waals surface area contributed by atoms with E-state index in [1.54, 1.807) is 6.07 Å². The van der Waals surface area contributed by atoms with E-state index in [0.29, 0.717) is 18.0 Å². The summed E-state index contributed by atoms with van der Waals surface area (Å²) in [6.07, 6.45) is 1.31. The monoisotopic (exact) mass is 253 g/mol. The van der Waals surface area contributed by atoms with Crippen molar-refractivity contribution in [1.29, 1.82) is 0 Å². The highest BCUT2D eigenvalue weighted by atomic mass is 16.5. The number of aromatic hydroxyl groups is 3. The quantitative estimate of drug-likeness (QED) is 0.608. The van der Waals surface area contributed by atoms with Crippen LogP contribution in [0, 0.1) is 5.92 Å². The predicted molar refractivity (Wildman–Crippen MR) is 66.7 cm³/mol. The van der Waals surface area contributed by atoms with Crippen LogP contribution in [0.3, 0.4) is 0 Å². The number of benzene rings is 1. The lowest BCUT2D eigenvalue weighted by atomic mass is 10.0. The number of rotatable bonds is 4. The Morgan fingerprint density at radius 2 is 2.06 bits per heavy atom. The molecule has 1 aliphatic heterocycles. The van der Waals surface area contributed by atoms with Gasteiger partial charge in [0.1, 0.15) is 0 Å². The molecule has 18 heavy (non-hydrogen) atoms. The molecule has 1 aromatic carbocycles. The molecule has 0 saturated carbocycles. The van der Waals surface area contributed by atoms with Crippen LogP contribution in [0.5, 0.6) is 17.2 Å². The minimum absolute atomic E-state index is 0.263. The number of phenols is 3. The minimum atomic E-state index is -0.466. The van der Waals surface area contributed by atoms with E-state index in [0.717, 1.165) is 19.6 Å². The Morgan fingerprint density at radius 3 is 2.72 bits per heavy atom. The lowest BCUT2D eigenvalue weighted by Gasteiger charge is -2.15. The molecule has 0 radical (unpaired) electrons. The number of ether oxygens (including phenoxy) is 1. The predicted octanol–water partition coefficient (Wildman–Crippen LogP) is 1.32. The smallest absolute Gasteiger partial charge is 0.200 e. The SMILES string of the molecule is CC1OCCC1CNCc1ccc(O)c(O)c1O. The number of hydrogen-bond acceptors (Lipinski definition) is 5. The maximum absolute atomic E-state index is 9.65. The molecule has 2 unspecified atom stereocenters. The molecule has 0 aliphatic carbocycles. The normalized spacial score (nSPS) is 23.4. The fourth-order valence-electron chi connectivity index (χ4n) is 2.19. The van der Waals surface area contributed by atoms with E-state index in [2.05, 4.69) is 12.2 Å². The molecule has 5 nitrogen and oxygen atoms in total. The summed E-state index contributed by atoms with van der Waals surface area (Å²) in [4.78, 5) is 0. The summed E-state index contributed by atoms with van der Waals surface area (Å²) in [7, 11) is 0. The van der Waals surface area contributed by atoms with Gasteiger partial charge in [-0.1, -0.05) is 6.07 Å². The van der Waals surface area contributed by atoms with Crippen molar-refractivity contribution in [2.24, 2.45) is 5.92 Å². The maximum atomic E-state index is 9.65. The van der Waals surface area contributed by atoms with Crippen LogP contribution in [0.4, 0.5) is 0 Å². The zero-order valence-electron chi connectivity index (χ0n) is 10.4. The summed E-state index contributed by atoms with van der Waals surface area (Å²) in [6.45, 7) is 4.12. The van der Waals surface area contributed by atoms with E-state index >= 15 is 0 Å². The average Bonchev–Trinajstić information content (AvgIpc) is 2.75. The first-order valence-electron chi connectivity index (χ1n) is 6.14. The van der Waals surface area contributed by atoms with Gasteiger partial charge in [-0.15, -0.1) is 0 Å². The summed E-state index contributed by atoms with van der Waals surface area (Å²) >= 11 is 0. The van der Waals surface area contributed by atoms with Gasteiger partial charge in [0.2, 0.25) is 5.75 Å². The molecule has 0 amide bonds. The van der Waals surface area contributed by atoms with Crippen LogP contribution in [0.2, 0.25) is 0 Å². The second kappa shape index (κ2) is 5.46. The van der Waals surface area contributed by atoms with Crippen LogP contribution in [-0.2, 0) is 11.3 Å². The molecule has 2 rings (SSSR count). The van der Waals surface area contributed by atoms with Gasteiger partial charge in [0.25, 0.3) is 0 Å². The van der Waals surface area contributed by atoms with E-state index < -0.39 is 5.75 Å². The van der Waals surface area contributed by atoms with Crippen molar-refractivity contribution in [2.45, 2.75) is 26.0 Å². The number of nitrogens with one attached hydrogen (secondary N) is 1. The van der Waals surface area contributed by atoms with Gasteiger partial charge in [0.05, 0.1) is 6.10 Å². The molecule has 1 aliphatic rings. The van der Waals surface area contributed by atoms with Crippen molar-refractivity contribution >= 4 is 0 Å². The third kappa shape index (κ3) is 2.68. The molecule has 1 aromatic rings. The van der Waals surface area contributed by atoms with Crippen LogP contribution in [0.25, 0.3) is 0 Å². The summed E-state index contributed by atoms with van der Waals surface area (Å²) < 4.78 is 5.46. The van der Waals surface area contributed by atoms with Crippen LogP contribution < -0.4 is 5.32 Å². The van der Waals surface area contributed by atoms with Gasteiger partial charge in [-0.3, -0.25) is 0 Å². The van der Waals surface area contributed by atoms with Gasteiger partial charge in [0, 0.05) is 25.3 Å². The first-order valence-corrected chi connectivity index (χ1v) is 6.14. The fraction of sp³-hybridized carbons (Fsp3) is 0.538. The fourth-order valence-corrected chi connectivity index (χ4v) is 2.19. The van der Waals surface area contributed by atoms with Crippen molar-refractivity contribution < 1.29 is 20.1 Å². The molecule has 0 aromatic heterocycles. The lowest BCUT2D eigenvalue weighted by Crippen LogP contribution is -2.26. The summed E-state index contributed by atoms with van der Waals surface area (Å²) in [6, 6.07) is 2.96. The average molecular weight is 253 g/mol. The highest BCUT2D eigenvalue weighted by molar-refractivity contribution is 5.52. The zero-order valence-corrected chi connectivity index (χ0v) is 10.4. The first kappa shape index (κ1) is 13.0. The molecule has 4 N–H and O–H groups in total. The lowest BCUT2D eigenvalue weighted by molar-refractivity contribution is 0.105. The van der Waals surface area contributed by atoms with Crippen molar-refractivity contribution in [2.75, 3.05) is 13.2 Å². The number of hydrogen-bond donors (Lipinski definition) is 4.